The van der Waals surface area contributed by atoms with E-state index in [-0.39, 0.29) is 5.82 Å². The molecule has 3 N–H and O–H groups in total. The lowest BCUT2D eigenvalue weighted by molar-refractivity contribution is 0.237. The lowest BCUT2D eigenvalue weighted by Crippen LogP contribution is -2.26. The number of nitrogens with one attached hydrogen (secondary N) is 3. The largest absolute Gasteiger partial charge is 0.492 e. The summed E-state index contributed by atoms with van der Waals surface area (Å²) in [6.07, 6.45) is 6.72. The second kappa shape index (κ2) is 10.4. The van der Waals surface area contributed by atoms with Crippen LogP contribution in [0.25, 0.3) is 44.5 Å². The molecule has 2 aliphatic rings. The number of likely N-dealkylation sites (tertiary alicyclic amines) is 1. The van der Waals surface area contributed by atoms with Gasteiger partial charge in [-0.2, -0.15) is 5.10 Å². The first-order chi connectivity index (χ1) is 19.2. The summed E-state index contributed by atoms with van der Waals surface area (Å²) in [5.74, 6) is 0.776. The number of aromatic nitrogens is 4. The molecule has 0 bridgehead atoms. The molecular formula is C31H33FN6O. The molecule has 2 saturated heterocycles. The van der Waals surface area contributed by atoms with Crippen LogP contribution in [0, 0.1) is 5.82 Å². The molecular weight excluding hydrogens is 491 g/mol. The third-order valence-electron chi connectivity index (χ3n) is 8.22. The van der Waals surface area contributed by atoms with Crippen LogP contribution in [-0.4, -0.2) is 64.4 Å². The van der Waals surface area contributed by atoms with Gasteiger partial charge >= 0.3 is 0 Å². The third kappa shape index (κ3) is 4.90. The number of halogens is 1. The molecule has 7 rings (SSSR count). The van der Waals surface area contributed by atoms with E-state index in [1.807, 2.05) is 30.5 Å². The van der Waals surface area contributed by atoms with Crippen LogP contribution in [-0.2, 0) is 0 Å². The van der Waals surface area contributed by atoms with Crippen molar-refractivity contribution in [1.29, 1.82) is 0 Å². The van der Waals surface area contributed by atoms with E-state index in [1.165, 1.54) is 24.5 Å². The topological polar surface area (TPSA) is 81.9 Å². The standard InChI is InChI=1S/C31H33FN6O/c32-23-14-21(15-24(17-23)39-13-12-38-10-1-2-11-38)25-4-3-5-28-26(25)18-29(35-28)30-27-16-22(19-34-31(27)37-36-30)20-6-8-33-9-7-20/h3-5,14-20,33,35H,1-2,6-13H2,(H,34,36,37). The average molecular weight is 525 g/mol. The van der Waals surface area contributed by atoms with Crippen LogP contribution in [0.15, 0.2) is 54.7 Å². The number of ether oxygens (including phenoxy) is 1. The quantitative estimate of drug-likeness (QED) is 0.249. The van der Waals surface area contributed by atoms with Crippen molar-refractivity contribution in [3.63, 3.8) is 0 Å². The van der Waals surface area contributed by atoms with Crippen LogP contribution >= 0.6 is 0 Å². The summed E-state index contributed by atoms with van der Waals surface area (Å²) in [6.45, 7) is 5.75. The number of H-pyrrole nitrogens is 2. The molecule has 2 fully saturated rings. The van der Waals surface area contributed by atoms with Crippen molar-refractivity contribution in [3.8, 4) is 28.3 Å². The van der Waals surface area contributed by atoms with Gasteiger partial charge in [0.15, 0.2) is 5.65 Å². The molecule has 0 amide bonds. The molecule has 7 nitrogen and oxygen atoms in total. The van der Waals surface area contributed by atoms with Crippen LogP contribution < -0.4 is 10.1 Å². The minimum atomic E-state index is -0.300. The third-order valence-corrected chi connectivity index (χ3v) is 8.22. The fraction of sp³-hybridized carbons (Fsp3) is 0.355. The average Bonchev–Trinajstić information content (AvgIpc) is 3.72. The van der Waals surface area contributed by atoms with Gasteiger partial charge < -0.3 is 15.0 Å². The Balaban J connectivity index is 1.20. The number of piperidine rings is 1. The summed E-state index contributed by atoms with van der Waals surface area (Å²) in [7, 11) is 0. The van der Waals surface area contributed by atoms with Crippen molar-refractivity contribution in [2.45, 2.75) is 31.6 Å². The number of hydrogen-bond donors (Lipinski definition) is 3. The number of nitrogens with zero attached hydrogens (tertiary/aromatic N) is 3. The first kappa shape index (κ1) is 24.3. The highest BCUT2D eigenvalue weighted by Gasteiger charge is 2.19. The van der Waals surface area contributed by atoms with Crippen molar-refractivity contribution >= 4 is 21.9 Å². The maximum absolute atomic E-state index is 14.7. The smallest absolute Gasteiger partial charge is 0.155 e. The van der Waals surface area contributed by atoms with E-state index in [0.717, 1.165) is 90.0 Å². The predicted octanol–water partition coefficient (Wildman–Crippen LogP) is 5.85. The highest BCUT2D eigenvalue weighted by Crippen LogP contribution is 2.36. The summed E-state index contributed by atoms with van der Waals surface area (Å²) in [5.41, 5.74) is 6.52. The molecule has 3 aromatic heterocycles. The van der Waals surface area contributed by atoms with Gasteiger partial charge in [-0.1, -0.05) is 12.1 Å². The summed E-state index contributed by atoms with van der Waals surface area (Å²) >= 11 is 0. The van der Waals surface area contributed by atoms with Gasteiger partial charge in [0.05, 0.1) is 5.69 Å². The molecule has 200 valence electrons. The van der Waals surface area contributed by atoms with Crippen LogP contribution in [0.3, 0.4) is 0 Å². The Hall–Kier alpha value is -3.75. The Kier molecular flexibility index (Phi) is 6.50. The predicted molar refractivity (Wildman–Crippen MR) is 153 cm³/mol. The van der Waals surface area contributed by atoms with E-state index >= 15 is 0 Å². The number of fused-ring (bicyclic) bond motifs is 2. The molecule has 5 heterocycles. The summed E-state index contributed by atoms with van der Waals surface area (Å²) in [6, 6.07) is 15.4. The molecule has 0 saturated carbocycles. The number of aromatic amines is 2. The zero-order valence-electron chi connectivity index (χ0n) is 22.0. The van der Waals surface area contributed by atoms with Crippen molar-refractivity contribution < 1.29 is 9.13 Å². The Bertz CT molecular complexity index is 1610. The lowest BCUT2D eigenvalue weighted by atomic mass is 9.91. The molecule has 2 aliphatic heterocycles. The zero-order chi connectivity index (χ0) is 26.2. The van der Waals surface area contributed by atoms with E-state index in [4.69, 9.17) is 4.74 Å². The van der Waals surface area contributed by atoms with Crippen LogP contribution in [0.5, 0.6) is 5.75 Å². The fourth-order valence-electron chi connectivity index (χ4n) is 6.14. The highest BCUT2D eigenvalue weighted by atomic mass is 19.1. The van der Waals surface area contributed by atoms with Crippen molar-refractivity contribution in [3.05, 3.63) is 66.1 Å². The Morgan fingerprint density at radius 3 is 2.74 bits per heavy atom. The van der Waals surface area contributed by atoms with Gasteiger partial charge in [0, 0.05) is 35.1 Å². The zero-order valence-corrected chi connectivity index (χ0v) is 22.0. The molecule has 0 atom stereocenters. The van der Waals surface area contributed by atoms with Crippen LogP contribution in [0.1, 0.15) is 37.2 Å². The van der Waals surface area contributed by atoms with Gasteiger partial charge in [-0.25, -0.2) is 9.37 Å². The van der Waals surface area contributed by atoms with Gasteiger partial charge in [-0.3, -0.25) is 10.00 Å². The Labute approximate surface area is 226 Å². The number of rotatable bonds is 7. The molecule has 8 heteroatoms. The van der Waals surface area contributed by atoms with Gasteiger partial charge in [-0.15, -0.1) is 0 Å². The SMILES string of the molecule is Fc1cc(OCCN2CCCC2)cc(-c2cccc3[nH]c(-c4n[nH]c5ncc(C6CCNCC6)cc45)cc23)c1. The van der Waals surface area contributed by atoms with Gasteiger partial charge in [-0.05, 0) is 105 Å². The van der Waals surface area contributed by atoms with Gasteiger partial charge in [0.2, 0.25) is 0 Å². The molecule has 5 aromatic rings. The van der Waals surface area contributed by atoms with Crippen molar-refractivity contribution in [2.75, 3.05) is 39.3 Å². The van der Waals surface area contributed by atoms with E-state index in [0.29, 0.717) is 18.3 Å². The number of hydrogen-bond acceptors (Lipinski definition) is 5. The molecule has 0 aliphatic carbocycles. The van der Waals surface area contributed by atoms with E-state index < -0.39 is 0 Å². The number of benzene rings is 2. The lowest BCUT2D eigenvalue weighted by Gasteiger charge is -2.22. The Morgan fingerprint density at radius 1 is 1.00 bits per heavy atom. The molecule has 0 unspecified atom stereocenters. The van der Waals surface area contributed by atoms with Crippen molar-refractivity contribution in [2.24, 2.45) is 0 Å². The monoisotopic (exact) mass is 524 g/mol. The second-order valence-electron chi connectivity index (χ2n) is 10.8. The van der Waals surface area contributed by atoms with Crippen LogP contribution in [0.4, 0.5) is 4.39 Å². The first-order valence-electron chi connectivity index (χ1n) is 14.0. The normalized spacial score (nSPS) is 16.9. The number of pyridine rings is 1. The minimum absolute atomic E-state index is 0.300. The molecule has 2 aromatic carbocycles. The molecule has 39 heavy (non-hydrogen) atoms. The van der Waals surface area contributed by atoms with Crippen LogP contribution in [0.2, 0.25) is 0 Å². The first-order valence-corrected chi connectivity index (χ1v) is 14.0. The minimum Gasteiger partial charge on any atom is -0.492 e. The van der Waals surface area contributed by atoms with E-state index in [2.05, 4.69) is 42.5 Å². The fourth-order valence-corrected chi connectivity index (χ4v) is 6.14. The van der Waals surface area contributed by atoms with Gasteiger partial charge in [0.25, 0.3) is 0 Å². The second-order valence-corrected chi connectivity index (χ2v) is 10.8. The summed E-state index contributed by atoms with van der Waals surface area (Å²) in [5, 5.41) is 13.2. The maximum atomic E-state index is 14.7. The summed E-state index contributed by atoms with van der Waals surface area (Å²) in [4.78, 5) is 10.6. The van der Waals surface area contributed by atoms with Crippen molar-refractivity contribution in [1.82, 2.24) is 30.4 Å². The Morgan fingerprint density at radius 2 is 1.87 bits per heavy atom. The molecule has 0 spiro atoms. The summed E-state index contributed by atoms with van der Waals surface area (Å²) < 4.78 is 20.7. The van der Waals surface area contributed by atoms with E-state index in [9.17, 15) is 4.39 Å². The highest BCUT2D eigenvalue weighted by molar-refractivity contribution is 6.00. The van der Waals surface area contributed by atoms with E-state index in [1.54, 1.807) is 6.07 Å². The van der Waals surface area contributed by atoms with Gasteiger partial charge in [0.1, 0.15) is 23.9 Å². The molecule has 0 radical (unpaired) electrons. The maximum Gasteiger partial charge on any atom is 0.155 e.